The van der Waals surface area contributed by atoms with E-state index in [1.54, 1.807) is 6.07 Å². The van der Waals surface area contributed by atoms with Crippen LogP contribution in [-0.4, -0.2) is 15.8 Å². The van der Waals surface area contributed by atoms with Gasteiger partial charge in [0.05, 0.1) is 5.69 Å². The monoisotopic (exact) mass is 273 g/mol. The third-order valence-corrected chi connectivity index (χ3v) is 3.76. The minimum Gasteiger partial charge on any atom is -0.310 e. The van der Waals surface area contributed by atoms with Gasteiger partial charge >= 0.3 is 0 Å². The second-order valence-corrected chi connectivity index (χ2v) is 5.47. The molecule has 1 aromatic heterocycles. The van der Waals surface area contributed by atoms with Crippen LogP contribution in [0.1, 0.15) is 31.0 Å². The number of aryl methyl sites for hydroxylation is 2. The fourth-order valence-electron chi connectivity index (χ4n) is 2.53. The molecule has 0 aliphatic heterocycles. The lowest BCUT2D eigenvalue weighted by Crippen LogP contribution is -2.16. The summed E-state index contributed by atoms with van der Waals surface area (Å²) in [6.07, 6.45) is 5.37. The topological polar surface area (TPSA) is 29.9 Å². The summed E-state index contributed by atoms with van der Waals surface area (Å²) >= 11 is 0. The smallest absolute Gasteiger partial charge is 0.123 e. The van der Waals surface area contributed by atoms with Crippen LogP contribution in [-0.2, 0) is 20.0 Å². The van der Waals surface area contributed by atoms with Crippen LogP contribution < -0.4 is 5.32 Å². The molecule has 0 radical (unpaired) electrons. The Balaban J connectivity index is 1.97. The maximum absolute atomic E-state index is 13.5. The Morgan fingerprint density at radius 1 is 1.35 bits per heavy atom. The molecule has 106 valence electrons. The van der Waals surface area contributed by atoms with Crippen molar-refractivity contribution in [2.24, 2.45) is 7.05 Å². The van der Waals surface area contributed by atoms with Gasteiger partial charge in [-0.1, -0.05) is 13.0 Å². The lowest BCUT2D eigenvalue weighted by Gasteiger charge is -2.10. The summed E-state index contributed by atoms with van der Waals surface area (Å²) in [6.45, 7) is 2.81. The Bertz CT molecular complexity index is 614. The van der Waals surface area contributed by atoms with E-state index in [0.29, 0.717) is 6.04 Å². The highest BCUT2D eigenvalue weighted by atomic mass is 19.1. The van der Waals surface area contributed by atoms with E-state index in [1.807, 2.05) is 24.0 Å². The minimum absolute atomic E-state index is 0.178. The standard InChI is InChI=1S/C16H20FN3/c1-3-16-15(10-20(2)19-16)14-7-4-12(17)8-11(14)9-18-13-5-6-13/h4,7-8,10,13,18H,3,5-6,9H2,1-2H3. The first kappa shape index (κ1) is 13.3. The molecule has 3 nitrogen and oxygen atoms in total. The van der Waals surface area contributed by atoms with Crippen molar-refractivity contribution in [1.82, 2.24) is 15.1 Å². The van der Waals surface area contributed by atoms with Gasteiger partial charge in [0.15, 0.2) is 0 Å². The molecule has 2 aromatic rings. The molecule has 1 aliphatic rings. The van der Waals surface area contributed by atoms with Crippen molar-refractivity contribution >= 4 is 0 Å². The maximum Gasteiger partial charge on any atom is 0.123 e. The number of halogens is 1. The van der Waals surface area contributed by atoms with Crippen molar-refractivity contribution in [2.45, 2.75) is 38.8 Å². The van der Waals surface area contributed by atoms with Crippen LogP contribution >= 0.6 is 0 Å². The Morgan fingerprint density at radius 2 is 2.15 bits per heavy atom. The van der Waals surface area contributed by atoms with Gasteiger partial charge in [-0.3, -0.25) is 4.68 Å². The van der Waals surface area contributed by atoms with E-state index in [-0.39, 0.29) is 5.82 Å². The first-order valence-electron chi connectivity index (χ1n) is 7.22. The summed E-state index contributed by atoms with van der Waals surface area (Å²) in [5.74, 6) is -0.178. The molecular formula is C16H20FN3. The van der Waals surface area contributed by atoms with Gasteiger partial charge < -0.3 is 5.32 Å². The molecule has 0 bridgehead atoms. The molecule has 4 heteroatoms. The number of rotatable bonds is 5. The molecule has 1 aliphatic carbocycles. The van der Waals surface area contributed by atoms with Crippen LogP contribution in [0.5, 0.6) is 0 Å². The van der Waals surface area contributed by atoms with E-state index < -0.39 is 0 Å². The lowest BCUT2D eigenvalue weighted by molar-refractivity contribution is 0.620. The second-order valence-electron chi connectivity index (χ2n) is 5.47. The Hall–Kier alpha value is -1.68. The molecule has 0 amide bonds. The number of benzene rings is 1. The van der Waals surface area contributed by atoms with Gasteiger partial charge in [0.2, 0.25) is 0 Å². The van der Waals surface area contributed by atoms with Crippen LogP contribution in [0, 0.1) is 5.82 Å². The molecule has 0 saturated heterocycles. The fraction of sp³-hybridized carbons (Fsp3) is 0.438. The van der Waals surface area contributed by atoms with E-state index in [9.17, 15) is 4.39 Å². The van der Waals surface area contributed by atoms with E-state index in [4.69, 9.17) is 0 Å². The van der Waals surface area contributed by atoms with E-state index in [2.05, 4.69) is 17.3 Å². The van der Waals surface area contributed by atoms with Gasteiger partial charge in [0, 0.05) is 31.4 Å². The van der Waals surface area contributed by atoms with Gasteiger partial charge in [-0.2, -0.15) is 5.10 Å². The van der Waals surface area contributed by atoms with Gasteiger partial charge in [-0.25, -0.2) is 4.39 Å². The quantitative estimate of drug-likeness (QED) is 0.907. The number of aromatic nitrogens is 2. The van der Waals surface area contributed by atoms with Crippen molar-refractivity contribution < 1.29 is 4.39 Å². The highest BCUT2D eigenvalue weighted by molar-refractivity contribution is 5.69. The normalized spacial score (nSPS) is 14.8. The van der Waals surface area contributed by atoms with Crippen LogP contribution in [0.4, 0.5) is 4.39 Å². The van der Waals surface area contributed by atoms with Crippen LogP contribution in [0.2, 0.25) is 0 Å². The molecule has 20 heavy (non-hydrogen) atoms. The third kappa shape index (κ3) is 2.75. The average molecular weight is 273 g/mol. The van der Waals surface area contributed by atoms with E-state index >= 15 is 0 Å². The number of hydrogen-bond acceptors (Lipinski definition) is 2. The van der Waals surface area contributed by atoms with Crippen molar-refractivity contribution in [1.29, 1.82) is 0 Å². The van der Waals surface area contributed by atoms with Gasteiger partial charge in [0.1, 0.15) is 5.82 Å². The molecule has 1 heterocycles. The predicted octanol–water partition coefficient (Wildman–Crippen LogP) is 3.04. The van der Waals surface area contributed by atoms with Crippen molar-refractivity contribution in [3.63, 3.8) is 0 Å². The summed E-state index contributed by atoms with van der Waals surface area (Å²) in [6, 6.07) is 5.65. The molecule has 0 atom stereocenters. The second kappa shape index (κ2) is 5.37. The lowest BCUT2D eigenvalue weighted by atomic mass is 9.99. The zero-order valence-electron chi connectivity index (χ0n) is 12.0. The molecule has 1 N–H and O–H groups in total. The maximum atomic E-state index is 13.5. The number of nitrogens with zero attached hydrogens (tertiary/aromatic N) is 2. The van der Waals surface area contributed by atoms with Crippen molar-refractivity contribution in [3.8, 4) is 11.1 Å². The van der Waals surface area contributed by atoms with Crippen LogP contribution in [0.15, 0.2) is 24.4 Å². The number of hydrogen-bond donors (Lipinski definition) is 1. The number of nitrogens with one attached hydrogen (secondary N) is 1. The molecular weight excluding hydrogens is 253 g/mol. The Kier molecular flexibility index (Phi) is 3.57. The molecule has 0 unspecified atom stereocenters. The molecule has 3 rings (SSSR count). The largest absolute Gasteiger partial charge is 0.310 e. The van der Waals surface area contributed by atoms with E-state index in [1.165, 1.54) is 18.9 Å². The first-order chi connectivity index (χ1) is 9.67. The van der Waals surface area contributed by atoms with Gasteiger partial charge in [-0.15, -0.1) is 0 Å². The SMILES string of the molecule is CCc1nn(C)cc1-c1ccc(F)cc1CNC1CC1. The molecule has 1 fully saturated rings. The highest BCUT2D eigenvalue weighted by Crippen LogP contribution is 2.28. The molecule has 1 saturated carbocycles. The minimum atomic E-state index is -0.178. The van der Waals surface area contributed by atoms with Crippen LogP contribution in [0.3, 0.4) is 0 Å². The van der Waals surface area contributed by atoms with Crippen molar-refractivity contribution in [2.75, 3.05) is 0 Å². The fourth-order valence-corrected chi connectivity index (χ4v) is 2.53. The summed E-state index contributed by atoms with van der Waals surface area (Å²) in [5, 5.41) is 7.94. The van der Waals surface area contributed by atoms with Gasteiger partial charge in [-0.05, 0) is 42.5 Å². The highest BCUT2D eigenvalue weighted by Gasteiger charge is 2.21. The first-order valence-corrected chi connectivity index (χ1v) is 7.22. The van der Waals surface area contributed by atoms with E-state index in [0.717, 1.165) is 35.3 Å². The average Bonchev–Trinajstić information content (AvgIpc) is 3.18. The zero-order chi connectivity index (χ0) is 14.1. The predicted molar refractivity (Wildman–Crippen MR) is 77.8 cm³/mol. The molecule has 1 aromatic carbocycles. The van der Waals surface area contributed by atoms with Crippen LogP contribution in [0.25, 0.3) is 11.1 Å². The summed E-state index contributed by atoms with van der Waals surface area (Å²) < 4.78 is 15.4. The van der Waals surface area contributed by atoms with Gasteiger partial charge in [0.25, 0.3) is 0 Å². The Morgan fingerprint density at radius 3 is 2.85 bits per heavy atom. The van der Waals surface area contributed by atoms with Crippen molar-refractivity contribution in [3.05, 3.63) is 41.5 Å². The summed E-state index contributed by atoms with van der Waals surface area (Å²) in [4.78, 5) is 0. The zero-order valence-corrected chi connectivity index (χ0v) is 12.0. The Labute approximate surface area is 118 Å². The summed E-state index contributed by atoms with van der Waals surface area (Å²) in [5.41, 5.74) is 4.28. The summed E-state index contributed by atoms with van der Waals surface area (Å²) in [7, 11) is 1.92. The third-order valence-electron chi connectivity index (χ3n) is 3.76. The molecule has 0 spiro atoms.